The van der Waals surface area contributed by atoms with Gasteiger partial charge in [-0.2, -0.15) is 0 Å². The molecule has 4 heteroatoms. The smallest absolute Gasteiger partial charge is 0.303 e. The average molecular weight is 179 g/mol. The van der Waals surface area contributed by atoms with E-state index in [4.69, 9.17) is 5.11 Å². The molecular weight excluding hydrogens is 168 g/mol. The lowest BCUT2D eigenvalue weighted by molar-refractivity contribution is -0.137. The number of hydrogen-bond donors (Lipinski definition) is 1. The van der Waals surface area contributed by atoms with Gasteiger partial charge >= 0.3 is 5.97 Å². The van der Waals surface area contributed by atoms with E-state index in [2.05, 4.69) is 0 Å². The Morgan fingerprint density at radius 2 is 2.40 bits per heavy atom. The van der Waals surface area contributed by atoms with E-state index >= 15 is 0 Å². The zero-order valence-corrected chi connectivity index (χ0v) is 7.50. The van der Waals surface area contributed by atoms with E-state index in [0.717, 1.165) is 12.2 Å². The summed E-state index contributed by atoms with van der Waals surface area (Å²) in [7, 11) is 3.35. The number of carboxylic acid groups (broad SMARTS) is 1. The van der Waals surface area contributed by atoms with E-state index in [1.807, 2.05) is 12.7 Å². The van der Waals surface area contributed by atoms with Crippen LogP contribution in [0.2, 0.25) is 0 Å². The van der Waals surface area contributed by atoms with Crippen molar-refractivity contribution in [3.63, 3.8) is 0 Å². The number of carbonyl (C=O) groups is 1. The van der Waals surface area contributed by atoms with Gasteiger partial charge in [-0.1, -0.05) is 28.5 Å². The van der Waals surface area contributed by atoms with E-state index in [0.29, 0.717) is 0 Å². The summed E-state index contributed by atoms with van der Waals surface area (Å²) in [5.41, 5.74) is 0. The molecule has 0 aromatic carbocycles. The van der Waals surface area contributed by atoms with Crippen LogP contribution >= 0.6 is 21.6 Å². The highest BCUT2D eigenvalue weighted by Gasteiger charge is 1.95. The number of rotatable bonds is 6. The maximum Gasteiger partial charge on any atom is 0.303 e. The van der Waals surface area contributed by atoms with Crippen LogP contribution in [0.15, 0.2) is 0 Å². The fourth-order valence-electron chi connectivity index (χ4n) is 0.398. The Morgan fingerprint density at radius 3 is 2.90 bits per heavy atom. The molecule has 0 aliphatic rings. The Kier molecular flexibility index (Phi) is 7.40. The molecule has 0 aliphatic heterocycles. The summed E-state index contributed by atoms with van der Waals surface area (Å²) in [6.07, 6.45) is 1.05. The predicted octanol–water partition coefficient (Wildman–Crippen LogP) is 2.41. The number of aliphatic carboxylic acids is 1. The molecule has 1 radical (unpaired) electrons. The van der Waals surface area contributed by atoms with E-state index < -0.39 is 5.97 Å². The summed E-state index contributed by atoms with van der Waals surface area (Å²) < 4.78 is 0. The fourth-order valence-corrected chi connectivity index (χ4v) is 1.94. The Labute approximate surface area is 69.2 Å². The maximum atomic E-state index is 10.0. The molecular formula is C6H11O2S2. The van der Waals surface area contributed by atoms with Gasteiger partial charge in [-0.05, 0) is 6.42 Å². The van der Waals surface area contributed by atoms with Crippen LogP contribution in [0.5, 0.6) is 0 Å². The second-order valence-corrected chi connectivity index (χ2v) is 4.24. The first-order chi connectivity index (χ1) is 4.77. The molecule has 0 rings (SSSR count). The minimum Gasteiger partial charge on any atom is -0.481 e. The molecule has 0 bridgehead atoms. The van der Waals surface area contributed by atoms with Gasteiger partial charge in [0.2, 0.25) is 0 Å². The summed E-state index contributed by atoms with van der Waals surface area (Å²) >= 11 is 0. The molecule has 0 fully saturated rings. The molecule has 0 saturated carbocycles. The minimum absolute atomic E-state index is 0.289. The molecule has 59 valence electrons. The summed E-state index contributed by atoms with van der Waals surface area (Å²) in [5, 5.41) is 8.25. The molecule has 0 aliphatic carbocycles. The Hall–Kier alpha value is 0.170. The third kappa shape index (κ3) is 8.17. The third-order valence-corrected chi connectivity index (χ3v) is 3.05. The van der Waals surface area contributed by atoms with E-state index in [-0.39, 0.29) is 6.42 Å². The molecule has 2 nitrogen and oxygen atoms in total. The summed E-state index contributed by atoms with van der Waals surface area (Å²) in [5.74, 6) is 2.21. The molecule has 0 saturated heterocycles. The van der Waals surface area contributed by atoms with Crippen molar-refractivity contribution in [1.29, 1.82) is 0 Å². The van der Waals surface area contributed by atoms with Gasteiger partial charge in [-0.25, -0.2) is 0 Å². The van der Waals surface area contributed by atoms with E-state index in [1.165, 1.54) is 0 Å². The van der Waals surface area contributed by atoms with E-state index in [9.17, 15) is 4.79 Å². The van der Waals surface area contributed by atoms with E-state index in [1.54, 1.807) is 21.6 Å². The lowest BCUT2D eigenvalue weighted by Crippen LogP contribution is -1.94. The summed E-state index contributed by atoms with van der Waals surface area (Å²) in [6.45, 7) is 1.97. The van der Waals surface area contributed by atoms with Gasteiger partial charge in [-0.15, -0.1) is 0 Å². The molecule has 10 heavy (non-hydrogen) atoms. The largest absolute Gasteiger partial charge is 0.481 e. The topological polar surface area (TPSA) is 37.3 Å². The molecule has 0 unspecified atom stereocenters. The molecule has 0 amide bonds. The third-order valence-electron chi connectivity index (χ3n) is 0.783. The standard InChI is InChI=1S/C6H11O2S2/c1-2-9-10-5-3-4-6(7)8/h2H,3-5H2,1H3,(H,7,8). The average Bonchev–Trinajstić information content (AvgIpc) is 1.87. The number of hydrogen-bond acceptors (Lipinski definition) is 3. The molecule has 0 atom stereocenters. The molecule has 1 N–H and O–H groups in total. The zero-order chi connectivity index (χ0) is 7.82. The summed E-state index contributed by atoms with van der Waals surface area (Å²) in [6, 6.07) is 0. The van der Waals surface area contributed by atoms with Crippen LogP contribution in [0.4, 0.5) is 0 Å². The van der Waals surface area contributed by atoms with Crippen molar-refractivity contribution in [1.82, 2.24) is 0 Å². The van der Waals surface area contributed by atoms with Crippen molar-refractivity contribution < 1.29 is 9.90 Å². The normalized spacial score (nSPS) is 9.70. The van der Waals surface area contributed by atoms with Crippen molar-refractivity contribution in [3.8, 4) is 0 Å². The first-order valence-electron chi connectivity index (χ1n) is 3.05. The van der Waals surface area contributed by atoms with Crippen molar-refractivity contribution in [2.75, 3.05) is 5.75 Å². The first-order valence-corrected chi connectivity index (χ1v) is 5.43. The zero-order valence-electron chi connectivity index (χ0n) is 5.87. The Morgan fingerprint density at radius 1 is 1.70 bits per heavy atom. The monoisotopic (exact) mass is 179 g/mol. The summed E-state index contributed by atoms with van der Waals surface area (Å²) in [4.78, 5) is 10.0. The van der Waals surface area contributed by atoms with Gasteiger partial charge in [0.1, 0.15) is 0 Å². The lowest BCUT2D eigenvalue weighted by atomic mass is 10.3. The lowest BCUT2D eigenvalue weighted by Gasteiger charge is -1.94. The molecule has 0 aromatic rings. The van der Waals surface area contributed by atoms with Gasteiger partial charge in [0, 0.05) is 17.9 Å². The van der Waals surface area contributed by atoms with Crippen molar-refractivity contribution in [2.45, 2.75) is 19.8 Å². The predicted molar refractivity (Wildman–Crippen MR) is 46.9 cm³/mol. The van der Waals surface area contributed by atoms with Crippen LogP contribution in [0, 0.1) is 5.75 Å². The van der Waals surface area contributed by atoms with Crippen molar-refractivity contribution in [3.05, 3.63) is 5.75 Å². The number of carboxylic acids is 1. The highest BCUT2D eigenvalue weighted by molar-refractivity contribution is 8.77. The van der Waals surface area contributed by atoms with Crippen molar-refractivity contribution in [2.24, 2.45) is 0 Å². The molecule has 0 heterocycles. The van der Waals surface area contributed by atoms with Crippen LogP contribution in [-0.4, -0.2) is 16.8 Å². The van der Waals surface area contributed by atoms with Crippen LogP contribution in [0.3, 0.4) is 0 Å². The Bertz CT molecular complexity index is 95.7. The van der Waals surface area contributed by atoms with Crippen LogP contribution < -0.4 is 0 Å². The van der Waals surface area contributed by atoms with Crippen LogP contribution in [-0.2, 0) is 4.79 Å². The van der Waals surface area contributed by atoms with Crippen LogP contribution in [0.1, 0.15) is 19.8 Å². The second-order valence-electron chi connectivity index (χ2n) is 1.65. The van der Waals surface area contributed by atoms with Gasteiger partial charge in [-0.3, -0.25) is 4.79 Å². The van der Waals surface area contributed by atoms with Gasteiger partial charge in [0.25, 0.3) is 0 Å². The van der Waals surface area contributed by atoms with Crippen LogP contribution in [0.25, 0.3) is 0 Å². The van der Waals surface area contributed by atoms with Gasteiger partial charge in [0.05, 0.1) is 0 Å². The molecule has 0 aromatic heterocycles. The highest BCUT2D eigenvalue weighted by Crippen LogP contribution is 2.24. The molecule has 0 spiro atoms. The van der Waals surface area contributed by atoms with Crippen molar-refractivity contribution >= 4 is 27.6 Å². The Balaban J connectivity index is 2.84. The maximum absolute atomic E-state index is 10.0. The highest BCUT2D eigenvalue weighted by atomic mass is 33.1. The second kappa shape index (κ2) is 7.28. The first kappa shape index (κ1) is 10.2. The SMILES string of the molecule is C[CH]SSCCCC(=O)O. The quantitative estimate of drug-likeness (QED) is 0.502. The van der Waals surface area contributed by atoms with Gasteiger partial charge in [0.15, 0.2) is 0 Å². The van der Waals surface area contributed by atoms with Gasteiger partial charge < -0.3 is 5.11 Å². The minimum atomic E-state index is -0.703. The fraction of sp³-hybridized carbons (Fsp3) is 0.667.